The molecule has 0 saturated carbocycles. The third-order valence-corrected chi connectivity index (χ3v) is 6.21. The molecule has 0 radical (unpaired) electrons. The number of fused-ring (bicyclic) bond motifs is 4. The maximum Gasteiger partial charge on any atom is 0.207 e. The van der Waals surface area contributed by atoms with Gasteiger partial charge in [0, 0.05) is 24.0 Å². The SMILES string of the molecule is Cc1ccc(-c2cc3c(C#N)c4ccsc4c(=O)c-3c3n2CCCN3)cc1. The van der Waals surface area contributed by atoms with Crippen LogP contribution in [0.5, 0.6) is 0 Å². The first-order valence-electron chi connectivity index (χ1n) is 9.01. The average Bonchev–Trinajstić information content (AvgIpc) is 3.18. The van der Waals surface area contributed by atoms with Crippen molar-refractivity contribution in [3.63, 3.8) is 0 Å². The summed E-state index contributed by atoms with van der Waals surface area (Å²) in [6, 6.07) is 14.6. The third-order valence-electron chi connectivity index (χ3n) is 5.30. The molecule has 0 spiro atoms. The van der Waals surface area contributed by atoms with E-state index in [-0.39, 0.29) is 5.43 Å². The fourth-order valence-electron chi connectivity index (χ4n) is 3.98. The number of rotatable bonds is 1. The van der Waals surface area contributed by atoms with Gasteiger partial charge in [-0.3, -0.25) is 4.79 Å². The molecule has 4 nitrogen and oxygen atoms in total. The summed E-state index contributed by atoms with van der Waals surface area (Å²) in [6.07, 6.45) is 1.00. The number of pyridine rings is 1. The van der Waals surface area contributed by atoms with Crippen molar-refractivity contribution in [2.45, 2.75) is 19.9 Å². The van der Waals surface area contributed by atoms with E-state index in [0.29, 0.717) is 15.8 Å². The molecule has 1 aromatic carbocycles. The van der Waals surface area contributed by atoms with Gasteiger partial charge in [-0.2, -0.15) is 5.26 Å². The van der Waals surface area contributed by atoms with Gasteiger partial charge >= 0.3 is 0 Å². The minimum absolute atomic E-state index is 0.0163. The second-order valence-electron chi connectivity index (χ2n) is 6.94. The van der Waals surface area contributed by atoms with E-state index in [1.54, 1.807) is 0 Å². The second kappa shape index (κ2) is 5.97. The molecule has 5 rings (SSSR count). The Kier molecular flexibility index (Phi) is 3.56. The maximum atomic E-state index is 13.2. The minimum Gasteiger partial charge on any atom is -0.371 e. The smallest absolute Gasteiger partial charge is 0.207 e. The van der Waals surface area contributed by atoms with Crippen LogP contribution in [0.1, 0.15) is 17.5 Å². The number of hydrogen-bond acceptors (Lipinski definition) is 4. The van der Waals surface area contributed by atoms with Crippen molar-refractivity contribution in [2.24, 2.45) is 0 Å². The van der Waals surface area contributed by atoms with E-state index in [9.17, 15) is 10.1 Å². The Hall–Kier alpha value is -3.10. The molecule has 0 bridgehead atoms. The summed E-state index contributed by atoms with van der Waals surface area (Å²) < 4.78 is 2.86. The lowest BCUT2D eigenvalue weighted by Gasteiger charge is -2.28. The van der Waals surface area contributed by atoms with Gasteiger partial charge < -0.3 is 9.88 Å². The largest absolute Gasteiger partial charge is 0.371 e. The van der Waals surface area contributed by atoms with E-state index in [1.807, 2.05) is 17.5 Å². The zero-order valence-electron chi connectivity index (χ0n) is 14.9. The van der Waals surface area contributed by atoms with Gasteiger partial charge in [-0.05, 0) is 36.4 Å². The van der Waals surface area contributed by atoms with Crippen molar-refractivity contribution in [2.75, 3.05) is 11.9 Å². The van der Waals surface area contributed by atoms with Crippen LogP contribution in [0.25, 0.3) is 32.5 Å². The topological polar surface area (TPSA) is 57.8 Å². The van der Waals surface area contributed by atoms with Crippen LogP contribution in [-0.2, 0) is 6.54 Å². The maximum absolute atomic E-state index is 13.2. The first-order chi connectivity index (χ1) is 13.2. The lowest BCUT2D eigenvalue weighted by molar-refractivity contribution is 0.631. The molecular weight excluding hydrogens is 354 g/mol. The molecule has 2 aromatic rings. The van der Waals surface area contributed by atoms with E-state index >= 15 is 0 Å². The molecule has 3 heterocycles. The number of hydrogen-bond donors (Lipinski definition) is 1. The molecule has 27 heavy (non-hydrogen) atoms. The van der Waals surface area contributed by atoms with Gasteiger partial charge in [0.2, 0.25) is 5.43 Å². The summed E-state index contributed by atoms with van der Waals surface area (Å²) in [5, 5.41) is 16.0. The fourth-order valence-corrected chi connectivity index (χ4v) is 4.83. The Morgan fingerprint density at radius 2 is 2.04 bits per heavy atom. The van der Waals surface area contributed by atoms with E-state index in [1.165, 1.54) is 16.9 Å². The highest BCUT2D eigenvalue weighted by Gasteiger charge is 2.26. The minimum atomic E-state index is 0.0163. The van der Waals surface area contributed by atoms with Gasteiger partial charge in [0.15, 0.2) is 0 Å². The number of benzene rings is 2. The molecular formula is C22H17N3OS. The van der Waals surface area contributed by atoms with E-state index in [2.05, 4.69) is 47.1 Å². The van der Waals surface area contributed by atoms with Crippen LogP contribution < -0.4 is 10.7 Å². The Labute approximate surface area is 160 Å². The summed E-state index contributed by atoms with van der Waals surface area (Å²) in [7, 11) is 0. The quantitative estimate of drug-likeness (QED) is 0.521. The van der Waals surface area contributed by atoms with Crippen molar-refractivity contribution in [3.05, 3.63) is 63.1 Å². The van der Waals surface area contributed by atoms with Crippen molar-refractivity contribution in [3.8, 4) is 28.5 Å². The monoisotopic (exact) mass is 371 g/mol. The van der Waals surface area contributed by atoms with E-state index in [0.717, 1.165) is 47.5 Å². The van der Waals surface area contributed by atoms with Crippen LogP contribution in [0.4, 0.5) is 5.82 Å². The molecule has 1 N–H and O–H groups in total. The highest BCUT2D eigenvalue weighted by atomic mass is 32.1. The Morgan fingerprint density at radius 3 is 2.81 bits per heavy atom. The fraction of sp³-hybridized carbons (Fsp3) is 0.182. The summed E-state index contributed by atoms with van der Waals surface area (Å²) in [4.78, 5) is 13.2. The number of aromatic nitrogens is 1. The summed E-state index contributed by atoms with van der Waals surface area (Å²) in [5.41, 5.74) is 5.31. The first-order valence-corrected chi connectivity index (χ1v) is 9.88. The standard InChI is InChI=1S/C22H17N3OS/c1-13-3-5-14(6-4-13)18-11-16-17(12-23)15-7-10-27-21(15)20(26)19(16)22-24-8-2-9-25(18)22/h3-7,10-11,24H,2,8-9H2,1H3. The molecule has 0 unspecified atom stereocenters. The molecule has 0 fully saturated rings. The van der Waals surface area contributed by atoms with Crippen LogP contribution in [0.2, 0.25) is 0 Å². The zero-order valence-corrected chi connectivity index (χ0v) is 15.7. The van der Waals surface area contributed by atoms with Gasteiger partial charge in [-0.1, -0.05) is 29.8 Å². The van der Waals surface area contributed by atoms with Gasteiger partial charge in [0.05, 0.1) is 21.5 Å². The number of aryl methyl sites for hydroxylation is 1. The number of anilines is 1. The molecule has 3 aliphatic rings. The molecule has 2 aliphatic heterocycles. The number of nitrogens with zero attached hydrogens (tertiary/aromatic N) is 2. The van der Waals surface area contributed by atoms with Crippen LogP contribution in [-0.4, -0.2) is 11.1 Å². The molecule has 5 heteroatoms. The average molecular weight is 371 g/mol. The Bertz CT molecular complexity index is 1260. The predicted octanol–water partition coefficient (Wildman–Crippen LogP) is 4.83. The molecule has 0 saturated heterocycles. The zero-order chi connectivity index (χ0) is 18.5. The lowest BCUT2D eigenvalue weighted by atomic mass is 9.92. The summed E-state index contributed by atoms with van der Waals surface area (Å²) in [6.45, 7) is 3.75. The van der Waals surface area contributed by atoms with E-state index < -0.39 is 0 Å². The molecule has 1 aromatic heterocycles. The van der Waals surface area contributed by atoms with Crippen molar-refractivity contribution >= 4 is 27.2 Å². The second-order valence-corrected chi connectivity index (χ2v) is 7.86. The third kappa shape index (κ3) is 2.30. The summed E-state index contributed by atoms with van der Waals surface area (Å²) in [5.74, 6) is 0.839. The van der Waals surface area contributed by atoms with Crippen LogP contribution in [0.15, 0.2) is 46.6 Å². The highest BCUT2D eigenvalue weighted by Crippen LogP contribution is 2.40. The van der Waals surface area contributed by atoms with Gasteiger partial charge in [-0.25, -0.2) is 0 Å². The predicted molar refractivity (Wildman–Crippen MR) is 111 cm³/mol. The van der Waals surface area contributed by atoms with Crippen LogP contribution >= 0.6 is 11.3 Å². The van der Waals surface area contributed by atoms with Crippen LogP contribution in [0.3, 0.4) is 0 Å². The molecule has 0 amide bonds. The Morgan fingerprint density at radius 1 is 1.22 bits per heavy atom. The number of nitrogens with one attached hydrogen (secondary N) is 1. The first kappa shape index (κ1) is 16.1. The number of nitriles is 1. The van der Waals surface area contributed by atoms with Gasteiger partial charge in [0.1, 0.15) is 11.9 Å². The van der Waals surface area contributed by atoms with Gasteiger partial charge in [-0.15, -0.1) is 11.3 Å². The molecule has 132 valence electrons. The van der Waals surface area contributed by atoms with Crippen LogP contribution in [0, 0.1) is 18.3 Å². The highest BCUT2D eigenvalue weighted by molar-refractivity contribution is 7.17. The van der Waals surface area contributed by atoms with Crippen molar-refractivity contribution in [1.82, 2.24) is 4.57 Å². The summed E-state index contributed by atoms with van der Waals surface area (Å²) >= 11 is 1.41. The Balaban J connectivity index is 1.97. The molecule has 1 aliphatic carbocycles. The van der Waals surface area contributed by atoms with Gasteiger partial charge in [0.25, 0.3) is 0 Å². The lowest BCUT2D eigenvalue weighted by Crippen LogP contribution is -2.24. The number of thiophene rings is 1. The van der Waals surface area contributed by atoms with Crippen molar-refractivity contribution in [1.29, 1.82) is 5.26 Å². The normalized spacial score (nSPS) is 13.3. The molecule has 0 atom stereocenters. The van der Waals surface area contributed by atoms with Crippen molar-refractivity contribution < 1.29 is 0 Å². The van der Waals surface area contributed by atoms with E-state index in [4.69, 9.17) is 0 Å².